The molecule has 0 saturated heterocycles. The van der Waals surface area contributed by atoms with Crippen LogP contribution in [0, 0.1) is 11.8 Å². The second kappa shape index (κ2) is 6.90. The maximum Gasteiger partial charge on any atom is 0.253 e. The SMILES string of the molecule is NC(=O)c1ccc(C#CCNC(=O)c2ccc(=O)[nH]c2)cc1. The van der Waals surface area contributed by atoms with Gasteiger partial charge in [-0.1, -0.05) is 11.8 Å². The Morgan fingerprint density at radius 2 is 1.77 bits per heavy atom. The zero-order chi connectivity index (χ0) is 15.9. The van der Waals surface area contributed by atoms with Crippen LogP contribution < -0.4 is 16.6 Å². The summed E-state index contributed by atoms with van der Waals surface area (Å²) in [5.41, 5.74) is 6.35. The Bertz CT molecular complexity index is 791. The molecule has 110 valence electrons. The molecule has 1 aromatic heterocycles. The molecule has 1 heterocycles. The Morgan fingerprint density at radius 3 is 2.36 bits per heavy atom. The minimum atomic E-state index is -0.493. The van der Waals surface area contributed by atoms with Crippen LogP contribution in [0.15, 0.2) is 47.4 Å². The largest absolute Gasteiger partial charge is 0.366 e. The van der Waals surface area contributed by atoms with E-state index in [-0.39, 0.29) is 18.0 Å². The second-order valence-electron chi connectivity index (χ2n) is 4.37. The molecule has 0 aliphatic rings. The van der Waals surface area contributed by atoms with E-state index in [2.05, 4.69) is 22.1 Å². The van der Waals surface area contributed by atoms with Crippen molar-refractivity contribution in [3.8, 4) is 11.8 Å². The second-order valence-corrected chi connectivity index (χ2v) is 4.37. The van der Waals surface area contributed by atoms with Crippen molar-refractivity contribution in [2.45, 2.75) is 0 Å². The van der Waals surface area contributed by atoms with Gasteiger partial charge < -0.3 is 16.0 Å². The number of rotatable bonds is 3. The van der Waals surface area contributed by atoms with E-state index in [0.717, 1.165) is 0 Å². The highest BCUT2D eigenvalue weighted by molar-refractivity contribution is 5.94. The summed E-state index contributed by atoms with van der Waals surface area (Å²) in [6, 6.07) is 9.25. The van der Waals surface area contributed by atoms with Crippen LogP contribution in [-0.2, 0) is 0 Å². The summed E-state index contributed by atoms with van der Waals surface area (Å²) in [5.74, 6) is 4.83. The molecule has 0 unspecified atom stereocenters. The van der Waals surface area contributed by atoms with Gasteiger partial charge in [0.05, 0.1) is 12.1 Å². The van der Waals surface area contributed by atoms with Gasteiger partial charge in [0.15, 0.2) is 0 Å². The number of aromatic nitrogens is 1. The number of benzene rings is 1. The molecule has 2 aromatic rings. The smallest absolute Gasteiger partial charge is 0.253 e. The van der Waals surface area contributed by atoms with E-state index in [1.807, 2.05) is 0 Å². The topological polar surface area (TPSA) is 105 Å². The van der Waals surface area contributed by atoms with Crippen molar-refractivity contribution >= 4 is 11.8 Å². The van der Waals surface area contributed by atoms with Crippen LogP contribution in [0.25, 0.3) is 0 Å². The minimum absolute atomic E-state index is 0.162. The van der Waals surface area contributed by atoms with Crippen molar-refractivity contribution in [3.63, 3.8) is 0 Å². The van der Waals surface area contributed by atoms with Crippen LogP contribution in [0.2, 0.25) is 0 Å². The van der Waals surface area contributed by atoms with Crippen LogP contribution in [-0.4, -0.2) is 23.3 Å². The normalized spacial score (nSPS) is 9.45. The Hall–Kier alpha value is -3.33. The molecule has 0 bridgehead atoms. The number of nitrogens with two attached hydrogens (primary N) is 1. The Balaban J connectivity index is 1.91. The Labute approximate surface area is 126 Å². The number of hydrogen-bond donors (Lipinski definition) is 3. The zero-order valence-corrected chi connectivity index (χ0v) is 11.6. The highest BCUT2D eigenvalue weighted by atomic mass is 16.2. The third kappa shape index (κ3) is 4.08. The molecule has 2 amide bonds. The molecule has 0 fully saturated rings. The highest BCUT2D eigenvalue weighted by Crippen LogP contribution is 2.02. The van der Waals surface area contributed by atoms with Gasteiger partial charge in [-0.2, -0.15) is 0 Å². The van der Waals surface area contributed by atoms with E-state index in [4.69, 9.17) is 5.73 Å². The van der Waals surface area contributed by atoms with E-state index in [1.165, 1.54) is 18.3 Å². The van der Waals surface area contributed by atoms with E-state index in [9.17, 15) is 14.4 Å². The number of pyridine rings is 1. The van der Waals surface area contributed by atoms with Crippen LogP contribution in [0.5, 0.6) is 0 Å². The fourth-order valence-electron chi connectivity index (χ4n) is 1.64. The molecule has 0 spiro atoms. The monoisotopic (exact) mass is 295 g/mol. The summed E-state index contributed by atoms with van der Waals surface area (Å²) < 4.78 is 0. The molecule has 2 rings (SSSR count). The van der Waals surface area contributed by atoms with Crippen molar-refractivity contribution in [2.24, 2.45) is 5.73 Å². The lowest BCUT2D eigenvalue weighted by Gasteiger charge is -2.00. The maximum absolute atomic E-state index is 11.7. The number of amides is 2. The lowest BCUT2D eigenvalue weighted by atomic mass is 10.1. The lowest BCUT2D eigenvalue weighted by molar-refractivity contribution is 0.0956. The summed E-state index contributed by atoms with van der Waals surface area (Å²) in [4.78, 5) is 36.0. The molecule has 0 aliphatic carbocycles. The number of primary amides is 1. The van der Waals surface area contributed by atoms with E-state index in [1.54, 1.807) is 24.3 Å². The van der Waals surface area contributed by atoms with Crippen molar-refractivity contribution in [1.82, 2.24) is 10.3 Å². The number of hydrogen-bond acceptors (Lipinski definition) is 3. The maximum atomic E-state index is 11.7. The van der Waals surface area contributed by atoms with Crippen molar-refractivity contribution in [2.75, 3.05) is 6.54 Å². The van der Waals surface area contributed by atoms with Crippen molar-refractivity contribution < 1.29 is 9.59 Å². The molecule has 0 aliphatic heterocycles. The van der Waals surface area contributed by atoms with Gasteiger partial charge in [0, 0.05) is 23.4 Å². The number of carbonyl (C=O) groups is 2. The molecular weight excluding hydrogens is 282 g/mol. The standard InChI is InChI=1S/C16H13N3O3/c17-15(21)12-5-3-11(4-6-12)2-1-9-18-16(22)13-7-8-14(20)19-10-13/h3-8,10H,9H2,(H2,17,21)(H,18,22)(H,19,20). The highest BCUT2D eigenvalue weighted by Gasteiger charge is 2.03. The number of carbonyl (C=O) groups excluding carboxylic acids is 2. The van der Waals surface area contributed by atoms with Crippen LogP contribution >= 0.6 is 0 Å². The average Bonchev–Trinajstić information content (AvgIpc) is 2.52. The first kappa shape index (κ1) is 15.1. The van der Waals surface area contributed by atoms with Crippen molar-refractivity contribution in [1.29, 1.82) is 0 Å². The Kier molecular flexibility index (Phi) is 4.73. The molecule has 6 nitrogen and oxygen atoms in total. The number of nitrogens with one attached hydrogen (secondary N) is 2. The number of aromatic amines is 1. The summed E-state index contributed by atoms with van der Waals surface area (Å²) >= 11 is 0. The van der Waals surface area contributed by atoms with Gasteiger partial charge in [-0.25, -0.2) is 0 Å². The predicted octanol–water partition coefficient (Wildman–Crippen LogP) is 0.255. The Morgan fingerprint density at radius 1 is 1.09 bits per heavy atom. The van der Waals surface area contributed by atoms with Gasteiger partial charge in [0.25, 0.3) is 5.91 Å². The van der Waals surface area contributed by atoms with E-state index in [0.29, 0.717) is 16.7 Å². The van der Waals surface area contributed by atoms with Gasteiger partial charge in [-0.3, -0.25) is 14.4 Å². The van der Waals surface area contributed by atoms with E-state index < -0.39 is 5.91 Å². The molecule has 1 aromatic carbocycles. The fourth-order valence-corrected chi connectivity index (χ4v) is 1.64. The zero-order valence-electron chi connectivity index (χ0n) is 11.6. The third-order valence-electron chi connectivity index (χ3n) is 2.79. The van der Waals surface area contributed by atoms with Crippen LogP contribution in [0.3, 0.4) is 0 Å². The molecule has 0 radical (unpaired) electrons. The van der Waals surface area contributed by atoms with Crippen LogP contribution in [0.1, 0.15) is 26.3 Å². The summed E-state index contributed by atoms with van der Waals surface area (Å²) in [5, 5.41) is 2.61. The first-order valence-electron chi connectivity index (χ1n) is 6.42. The van der Waals surface area contributed by atoms with Gasteiger partial charge in [-0.05, 0) is 30.3 Å². The van der Waals surface area contributed by atoms with E-state index >= 15 is 0 Å². The molecule has 0 atom stereocenters. The fraction of sp³-hybridized carbons (Fsp3) is 0.0625. The molecule has 6 heteroatoms. The third-order valence-corrected chi connectivity index (χ3v) is 2.79. The number of H-pyrrole nitrogens is 1. The van der Waals surface area contributed by atoms with Crippen LogP contribution in [0.4, 0.5) is 0 Å². The molecule has 22 heavy (non-hydrogen) atoms. The quantitative estimate of drug-likeness (QED) is 0.707. The predicted molar refractivity (Wildman–Crippen MR) is 81.2 cm³/mol. The first-order valence-corrected chi connectivity index (χ1v) is 6.42. The first-order chi connectivity index (χ1) is 10.6. The molecule has 4 N–H and O–H groups in total. The summed E-state index contributed by atoms with van der Waals surface area (Å²) in [6.07, 6.45) is 1.34. The van der Waals surface area contributed by atoms with Gasteiger partial charge in [0.1, 0.15) is 0 Å². The molecule has 0 saturated carbocycles. The van der Waals surface area contributed by atoms with Gasteiger partial charge in [0.2, 0.25) is 11.5 Å². The summed E-state index contributed by atoms with van der Waals surface area (Å²) in [6.45, 7) is 0.162. The van der Waals surface area contributed by atoms with Crippen molar-refractivity contribution in [3.05, 3.63) is 69.6 Å². The van der Waals surface area contributed by atoms with Gasteiger partial charge in [-0.15, -0.1) is 0 Å². The lowest BCUT2D eigenvalue weighted by Crippen LogP contribution is -2.24. The van der Waals surface area contributed by atoms with Gasteiger partial charge >= 0.3 is 0 Å². The summed E-state index contributed by atoms with van der Waals surface area (Å²) in [7, 11) is 0. The molecular formula is C16H13N3O3. The average molecular weight is 295 g/mol. The minimum Gasteiger partial charge on any atom is -0.366 e.